The summed E-state index contributed by atoms with van der Waals surface area (Å²) in [5, 5.41) is 0. The van der Waals surface area contributed by atoms with Gasteiger partial charge in [-0.15, -0.1) is 0 Å². The van der Waals surface area contributed by atoms with Crippen molar-refractivity contribution in [1.82, 2.24) is 9.80 Å². The van der Waals surface area contributed by atoms with Gasteiger partial charge in [-0.05, 0) is 30.5 Å². The number of nitrogens with zero attached hydrogens (tertiary/aromatic N) is 2. The molecule has 6 heteroatoms. The van der Waals surface area contributed by atoms with Gasteiger partial charge in [0, 0.05) is 55.9 Å². The lowest BCUT2D eigenvalue weighted by Gasteiger charge is -2.38. The molecule has 0 saturated carbocycles. The van der Waals surface area contributed by atoms with Crippen LogP contribution in [-0.4, -0.2) is 67.9 Å². The van der Waals surface area contributed by atoms with Crippen molar-refractivity contribution < 1.29 is 19.1 Å². The number of methoxy groups -OCH3 is 2. The van der Waals surface area contributed by atoms with Crippen LogP contribution in [0.25, 0.3) is 0 Å². The number of allylic oxidation sites excluding steroid dienone is 1. The van der Waals surface area contributed by atoms with Gasteiger partial charge in [0.15, 0.2) is 17.3 Å². The highest BCUT2D eigenvalue weighted by molar-refractivity contribution is 6.16. The van der Waals surface area contributed by atoms with Crippen molar-refractivity contribution in [3.05, 3.63) is 34.9 Å². The van der Waals surface area contributed by atoms with Gasteiger partial charge in [-0.25, -0.2) is 0 Å². The molecule has 0 spiro atoms. The Morgan fingerprint density at radius 1 is 1.07 bits per heavy atom. The van der Waals surface area contributed by atoms with Gasteiger partial charge in [0.2, 0.25) is 5.91 Å². The predicted octanol–water partition coefficient (Wildman–Crippen LogP) is 2.70. The van der Waals surface area contributed by atoms with E-state index in [0.29, 0.717) is 48.2 Å². The molecule has 2 aliphatic rings. The number of Topliss-reactive ketones (excluding diaryl/α,β-unsaturated/α-hetero) is 1. The molecule has 1 aliphatic heterocycles. The number of amides is 1. The first-order chi connectivity index (χ1) is 13.5. The molecule has 1 amide bonds. The SMILES string of the molecule is CCC(CC)N1CCN(C(=O)/C=C2\Cc3cc(OC)c(OC)cc3C2=O)CC1. The van der Waals surface area contributed by atoms with Crippen LogP contribution < -0.4 is 9.47 Å². The highest BCUT2D eigenvalue weighted by Crippen LogP contribution is 2.36. The van der Waals surface area contributed by atoms with Crippen LogP contribution in [0.15, 0.2) is 23.8 Å². The van der Waals surface area contributed by atoms with Crippen LogP contribution in [0.2, 0.25) is 0 Å². The lowest BCUT2D eigenvalue weighted by Crippen LogP contribution is -2.51. The fraction of sp³-hybridized carbons (Fsp3) is 0.545. The molecule has 152 valence electrons. The van der Waals surface area contributed by atoms with E-state index in [-0.39, 0.29) is 11.7 Å². The minimum atomic E-state index is -0.0973. The van der Waals surface area contributed by atoms with Crippen molar-refractivity contribution in [3.63, 3.8) is 0 Å². The third-order valence-corrected chi connectivity index (χ3v) is 5.91. The monoisotopic (exact) mass is 386 g/mol. The normalized spacial score (nSPS) is 18.7. The second kappa shape index (κ2) is 8.78. The van der Waals surface area contributed by atoms with Gasteiger partial charge < -0.3 is 14.4 Å². The first kappa shape index (κ1) is 20.4. The van der Waals surface area contributed by atoms with Gasteiger partial charge in [-0.1, -0.05) is 13.8 Å². The minimum Gasteiger partial charge on any atom is -0.493 e. The maximum Gasteiger partial charge on any atom is 0.247 e. The molecular formula is C22H30N2O4. The van der Waals surface area contributed by atoms with Crippen molar-refractivity contribution in [3.8, 4) is 11.5 Å². The topological polar surface area (TPSA) is 59.1 Å². The zero-order chi connectivity index (χ0) is 20.3. The van der Waals surface area contributed by atoms with Crippen molar-refractivity contribution >= 4 is 11.7 Å². The predicted molar refractivity (Wildman–Crippen MR) is 108 cm³/mol. The van der Waals surface area contributed by atoms with Crippen LogP contribution in [0.3, 0.4) is 0 Å². The number of fused-ring (bicyclic) bond motifs is 1. The van der Waals surface area contributed by atoms with Crippen LogP contribution in [0, 0.1) is 0 Å². The van der Waals surface area contributed by atoms with Crippen molar-refractivity contribution in [2.75, 3.05) is 40.4 Å². The standard InChI is InChI=1S/C22H30N2O4/c1-5-17(6-2)23-7-9-24(10-8-23)21(25)13-16-11-15-12-19(27-3)20(28-4)14-18(15)22(16)26/h12-14,17H,5-11H2,1-4H3/b16-13+. The number of ketones is 1. The molecule has 0 bridgehead atoms. The van der Waals surface area contributed by atoms with E-state index < -0.39 is 0 Å². The summed E-state index contributed by atoms with van der Waals surface area (Å²) in [7, 11) is 3.12. The number of carbonyl (C=O) groups excluding carboxylic acids is 2. The zero-order valence-corrected chi connectivity index (χ0v) is 17.3. The van der Waals surface area contributed by atoms with Crippen molar-refractivity contribution in [2.45, 2.75) is 39.2 Å². The third kappa shape index (κ3) is 3.92. The number of benzene rings is 1. The number of hydrogen-bond donors (Lipinski definition) is 0. The van der Waals surface area contributed by atoms with E-state index in [2.05, 4.69) is 18.7 Å². The Balaban J connectivity index is 1.69. The van der Waals surface area contributed by atoms with E-state index in [0.717, 1.165) is 31.5 Å². The van der Waals surface area contributed by atoms with E-state index >= 15 is 0 Å². The van der Waals surface area contributed by atoms with E-state index in [1.807, 2.05) is 11.0 Å². The first-order valence-electron chi connectivity index (χ1n) is 10.0. The molecule has 1 aromatic rings. The van der Waals surface area contributed by atoms with Gasteiger partial charge >= 0.3 is 0 Å². The fourth-order valence-corrected chi connectivity index (χ4v) is 4.21. The van der Waals surface area contributed by atoms with Crippen molar-refractivity contribution in [2.24, 2.45) is 0 Å². The maximum absolute atomic E-state index is 12.8. The Kier molecular flexibility index (Phi) is 6.39. The van der Waals surface area contributed by atoms with E-state index in [9.17, 15) is 9.59 Å². The maximum atomic E-state index is 12.8. The average Bonchev–Trinajstić information content (AvgIpc) is 3.02. The highest BCUT2D eigenvalue weighted by Gasteiger charge is 2.29. The molecule has 28 heavy (non-hydrogen) atoms. The van der Waals surface area contributed by atoms with Crippen LogP contribution in [0.1, 0.15) is 42.6 Å². The van der Waals surface area contributed by atoms with Crippen LogP contribution in [-0.2, 0) is 11.2 Å². The van der Waals surface area contributed by atoms with Crippen molar-refractivity contribution in [1.29, 1.82) is 0 Å². The largest absolute Gasteiger partial charge is 0.493 e. The lowest BCUT2D eigenvalue weighted by molar-refractivity contribution is -0.128. The number of rotatable bonds is 6. The molecule has 0 unspecified atom stereocenters. The molecule has 0 N–H and O–H groups in total. The minimum absolute atomic E-state index is 0.0701. The first-order valence-corrected chi connectivity index (χ1v) is 10.0. The molecule has 1 saturated heterocycles. The van der Waals surface area contributed by atoms with Gasteiger partial charge in [0.1, 0.15) is 0 Å². The summed E-state index contributed by atoms with van der Waals surface area (Å²) >= 11 is 0. The summed E-state index contributed by atoms with van der Waals surface area (Å²) in [6.45, 7) is 7.63. The second-order valence-electron chi connectivity index (χ2n) is 7.37. The molecule has 0 atom stereocenters. The molecular weight excluding hydrogens is 356 g/mol. The van der Waals surface area contributed by atoms with Crippen LogP contribution in [0.5, 0.6) is 11.5 Å². The zero-order valence-electron chi connectivity index (χ0n) is 17.3. The van der Waals surface area contributed by atoms with Gasteiger partial charge in [-0.3, -0.25) is 14.5 Å². The molecule has 3 rings (SSSR count). The number of hydrogen-bond acceptors (Lipinski definition) is 5. The Morgan fingerprint density at radius 3 is 2.25 bits per heavy atom. The van der Waals surface area contributed by atoms with E-state index in [4.69, 9.17) is 9.47 Å². The smallest absolute Gasteiger partial charge is 0.247 e. The highest BCUT2D eigenvalue weighted by atomic mass is 16.5. The fourth-order valence-electron chi connectivity index (χ4n) is 4.21. The quantitative estimate of drug-likeness (QED) is 0.704. The average molecular weight is 386 g/mol. The van der Waals surface area contributed by atoms with Gasteiger partial charge in [0.25, 0.3) is 0 Å². The molecule has 0 radical (unpaired) electrons. The summed E-state index contributed by atoms with van der Waals surface area (Å²) in [4.78, 5) is 29.8. The number of piperazine rings is 1. The Labute approximate surface area is 167 Å². The van der Waals surface area contributed by atoms with E-state index in [1.165, 1.54) is 6.08 Å². The van der Waals surface area contributed by atoms with E-state index in [1.54, 1.807) is 20.3 Å². The molecule has 1 heterocycles. The lowest BCUT2D eigenvalue weighted by atomic mass is 10.1. The summed E-state index contributed by atoms with van der Waals surface area (Å²) in [5.74, 6) is 0.957. The molecule has 1 aliphatic carbocycles. The Bertz CT molecular complexity index is 775. The Morgan fingerprint density at radius 2 is 1.68 bits per heavy atom. The molecule has 6 nitrogen and oxygen atoms in total. The molecule has 0 aromatic heterocycles. The molecule has 1 aromatic carbocycles. The summed E-state index contributed by atoms with van der Waals surface area (Å²) in [6.07, 6.45) is 4.24. The second-order valence-corrected chi connectivity index (χ2v) is 7.37. The van der Waals surface area contributed by atoms with Crippen LogP contribution in [0.4, 0.5) is 0 Å². The molecule has 1 fully saturated rings. The summed E-state index contributed by atoms with van der Waals surface area (Å²) in [6, 6.07) is 4.12. The van der Waals surface area contributed by atoms with Gasteiger partial charge in [-0.2, -0.15) is 0 Å². The third-order valence-electron chi connectivity index (χ3n) is 5.91. The van der Waals surface area contributed by atoms with Gasteiger partial charge in [0.05, 0.1) is 14.2 Å². The van der Waals surface area contributed by atoms with Crippen LogP contribution >= 0.6 is 0 Å². The summed E-state index contributed by atoms with van der Waals surface area (Å²) in [5.41, 5.74) is 2.01. The number of ether oxygens (including phenoxy) is 2. The number of carbonyl (C=O) groups is 2. The summed E-state index contributed by atoms with van der Waals surface area (Å²) < 4.78 is 10.6. The Hall–Kier alpha value is -2.34.